The van der Waals surface area contributed by atoms with Gasteiger partial charge in [-0.25, -0.2) is 0 Å². The molecule has 0 N–H and O–H groups in total. The summed E-state index contributed by atoms with van der Waals surface area (Å²) in [6.07, 6.45) is 18.5. The first-order valence-electron chi connectivity index (χ1n) is 9.54. The third kappa shape index (κ3) is 5.76. The van der Waals surface area contributed by atoms with Gasteiger partial charge in [0.15, 0.2) is 0 Å². The van der Waals surface area contributed by atoms with Crippen molar-refractivity contribution in [1.82, 2.24) is 4.90 Å². The normalized spacial score (nSPS) is 19.4. The number of hydrogen-bond acceptors (Lipinski definition) is 1. The number of nitrogens with zero attached hydrogens (tertiary/aromatic N) is 1. The number of rotatable bonds is 11. The zero-order valence-electron chi connectivity index (χ0n) is 14.6. The standard InChI is InChI=1S/C19H39N/c1-4-7-10-14-19(15-11-8-5-2)16-12-13-18-20(19)17-9-6-3/h4-18H2,1-3H3. The van der Waals surface area contributed by atoms with E-state index >= 15 is 0 Å². The summed E-state index contributed by atoms with van der Waals surface area (Å²) in [5.74, 6) is 0. The highest BCUT2D eigenvalue weighted by Crippen LogP contribution is 2.37. The Balaban J connectivity index is 2.63. The Labute approximate surface area is 128 Å². The summed E-state index contributed by atoms with van der Waals surface area (Å²) in [4.78, 5) is 2.91. The van der Waals surface area contributed by atoms with E-state index in [1.54, 1.807) is 0 Å². The van der Waals surface area contributed by atoms with Gasteiger partial charge in [-0.3, -0.25) is 4.90 Å². The van der Waals surface area contributed by atoms with E-state index in [2.05, 4.69) is 25.7 Å². The Hall–Kier alpha value is -0.0400. The molecule has 1 fully saturated rings. The van der Waals surface area contributed by atoms with E-state index in [1.807, 2.05) is 0 Å². The quantitative estimate of drug-likeness (QED) is 0.409. The molecule has 1 aliphatic rings. The first-order valence-corrected chi connectivity index (χ1v) is 9.54. The van der Waals surface area contributed by atoms with Crippen LogP contribution in [0.4, 0.5) is 0 Å². The molecular formula is C19H39N. The number of likely N-dealkylation sites (tertiary alicyclic amines) is 1. The van der Waals surface area contributed by atoms with E-state index in [-0.39, 0.29) is 0 Å². The minimum Gasteiger partial charge on any atom is -0.298 e. The molecule has 0 aromatic carbocycles. The molecule has 1 heteroatoms. The van der Waals surface area contributed by atoms with Gasteiger partial charge < -0.3 is 0 Å². The molecule has 0 aliphatic carbocycles. The average molecular weight is 282 g/mol. The van der Waals surface area contributed by atoms with Crippen LogP contribution in [0.5, 0.6) is 0 Å². The van der Waals surface area contributed by atoms with Gasteiger partial charge in [0.1, 0.15) is 0 Å². The van der Waals surface area contributed by atoms with Crippen LogP contribution in [-0.2, 0) is 0 Å². The molecule has 0 atom stereocenters. The molecule has 0 aromatic heterocycles. The summed E-state index contributed by atoms with van der Waals surface area (Å²) in [5, 5.41) is 0. The van der Waals surface area contributed by atoms with Crippen LogP contribution in [0.25, 0.3) is 0 Å². The maximum absolute atomic E-state index is 2.91. The van der Waals surface area contributed by atoms with Crippen LogP contribution < -0.4 is 0 Å². The van der Waals surface area contributed by atoms with Gasteiger partial charge in [-0.1, -0.05) is 72.1 Å². The van der Waals surface area contributed by atoms with Gasteiger partial charge in [0, 0.05) is 5.54 Å². The molecular weight excluding hydrogens is 242 g/mol. The predicted molar refractivity (Wildman–Crippen MR) is 91.3 cm³/mol. The molecule has 0 amide bonds. The lowest BCUT2D eigenvalue weighted by molar-refractivity contribution is 0.0257. The fourth-order valence-electron chi connectivity index (χ4n) is 3.95. The second kappa shape index (κ2) is 10.7. The fourth-order valence-corrected chi connectivity index (χ4v) is 3.95. The summed E-state index contributed by atoms with van der Waals surface area (Å²) in [6.45, 7) is 9.73. The summed E-state index contributed by atoms with van der Waals surface area (Å²) in [5.41, 5.74) is 0.581. The van der Waals surface area contributed by atoms with Crippen LogP contribution >= 0.6 is 0 Å². The SMILES string of the molecule is CCCCCC1(CCCCC)CCCCN1CCCC. The Kier molecular flexibility index (Phi) is 9.59. The average Bonchev–Trinajstić information content (AvgIpc) is 2.47. The molecule has 0 spiro atoms. The lowest BCUT2D eigenvalue weighted by Gasteiger charge is -2.48. The highest BCUT2D eigenvalue weighted by molar-refractivity contribution is 4.93. The van der Waals surface area contributed by atoms with Crippen molar-refractivity contribution in [2.24, 2.45) is 0 Å². The van der Waals surface area contributed by atoms with Gasteiger partial charge in [0.2, 0.25) is 0 Å². The zero-order valence-corrected chi connectivity index (χ0v) is 14.6. The van der Waals surface area contributed by atoms with Crippen molar-refractivity contribution in [2.45, 2.75) is 110 Å². The molecule has 0 bridgehead atoms. The summed E-state index contributed by atoms with van der Waals surface area (Å²) < 4.78 is 0. The fraction of sp³-hybridized carbons (Fsp3) is 1.00. The molecule has 1 aliphatic heterocycles. The van der Waals surface area contributed by atoms with Gasteiger partial charge in [-0.15, -0.1) is 0 Å². The highest BCUT2D eigenvalue weighted by atomic mass is 15.2. The van der Waals surface area contributed by atoms with Crippen LogP contribution in [0.1, 0.15) is 104 Å². The number of hydrogen-bond donors (Lipinski definition) is 0. The molecule has 1 nitrogen and oxygen atoms in total. The maximum atomic E-state index is 2.91. The Morgan fingerprint density at radius 3 is 1.90 bits per heavy atom. The molecule has 0 aromatic rings. The van der Waals surface area contributed by atoms with Crippen molar-refractivity contribution in [3.05, 3.63) is 0 Å². The molecule has 0 radical (unpaired) electrons. The maximum Gasteiger partial charge on any atom is 0.0209 e. The van der Waals surface area contributed by atoms with Gasteiger partial charge >= 0.3 is 0 Å². The van der Waals surface area contributed by atoms with E-state index in [1.165, 1.54) is 96.6 Å². The summed E-state index contributed by atoms with van der Waals surface area (Å²) in [7, 11) is 0. The first kappa shape index (κ1) is 18.0. The molecule has 120 valence electrons. The third-order valence-corrected chi connectivity index (χ3v) is 5.26. The van der Waals surface area contributed by atoms with Crippen molar-refractivity contribution in [3.63, 3.8) is 0 Å². The Morgan fingerprint density at radius 1 is 0.750 bits per heavy atom. The van der Waals surface area contributed by atoms with Crippen LogP contribution in [0.15, 0.2) is 0 Å². The molecule has 20 heavy (non-hydrogen) atoms. The molecule has 0 saturated carbocycles. The lowest BCUT2D eigenvalue weighted by Crippen LogP contribution is -2.52. The van der Waals surface area contributed by atoms with Crippen LogP contribution in [-0.4, -0.2) is 23.5 Å². The van der Waals surface area contributed by atoms with Gasteiger partial charge in [-0.2, -0.15) is 0 Å². The van der Waals surface area contributed by atoms with E-state index in [0.717, 1.165) is 0 Å². The van der Waals surface area contributed by atoms with Crippen LogP contribution in [0.3, 0.4) is 0 Å². The number of unbranched alkanes of at least 4 members (excludes halogenated alkanes) is 5. The third-order valence-electron chi connectivity index (χ3n) is 5.26. The van der Waals surface area contributed by atoms with E-state index in [0.29, 0.717) is 5.54 Å². The van der Waals surface area contributed by atoms with Crippen molar-refractivity contribution < 1.29 is 0 Å². The molecule has 1 heterocycles. The van der Waals surface area contributed by atoms with E-state index in [9.17, 15) is 0 Å². The summed E-state index contributed by atoms with van der Waals surface area (Å²) >= 11 is 0. The minimum absolute atomic E-state index is 0.581. The summed E-state index contributed by atoms with van der Waals surface area (Å²) in [6, 6.07) is 0. The van der Waals surface area contributed by atoms with Crippen molar-refractivity contribution >= 4 is 0 Å². The predicted octanol–water partition coefficient (Wildman–Crippen LogP) is 6.17. The van der Waals surface area contributed by atoms with Gasteiger partial charge in [0.05, 0.1) is 0 Å². The Morgan fingerprint density at radius 2 is 1.35 bits per heavy atom. The Bertz CT molecular complexity index is 214. The largest absolute Gasteiger partial charge is 0.298 e. The zero-order chi connectivity index (χ0) is 14.7. The van der Waals surface area contributed by atoms with Crippen molar-refractivity contribution in [3.8, 4) is 0 Å². The van der Waals surface area contributed by atoms with Crippen molar-refractivity contribution in [1.29, 1.82) is 0 Å². The minimum atomic E-state index is 0.581. The second-order valence-electron chi connectivity index (χ2n) is 6.94. The van der Waals surface area contributed by atoms with Crippen molar-refractivity contribution in [2.75, 3.05) is 13.1 Å². The monoisotopic (exact) mass is 281 g/mol. The number of piperidine rings is 1. The van der Waals surface area contributed by atoms with Gasteiger partial charge in [-0.05, 0) is 45.2 Å². The smallest absolute Gasteiger partial charge is 0.0209 e. The molecule has 1 saturated heterocycles. The molecule has 0 unspecified atom stereocenters. The molecule has 1 rings (SSSR count). The van der Waals surface area contributed by atoms with Crippen LogP contribution in [0.2, 0.25) is 0 Å². The van der Waals surface area contributed by atoms with Crippen LogP contribution in [0, 0.1) is 0 Å². The van der Waals surface area contributed by atoms with Gasteiger partial charge in [0.25, 0.3) is 0 Å². The van der Waals surface area contributed by atoms with E-state index in [4.69, 9.17) is 0 Å². The topological polar surface area (TPSA) is 3.24 Å². The lowest BCUT2D eigenvalue weighted by atomic mass is 9.78. The first-order chi connectivity index (χ1) is 9.79. The highest BCUT2D eigenvalue weighted by Gasteiger charge is 2.36. The second-order valence-corrected chi connectivity index (χ2v) is 6.94. The van der Waals surface area contributed by atoms with E-state index < -0.39 is 0 Å².